The van der Waals surface area contributed by atoms with Crippen molar-refractivity contribution in [1.82, 2.24) is 0 Å². The minimum absolute atomic E-state index is 0.475. The largest absolute Gasteiger partial charge is 0.397 e. The van der Waals surface area contributed by atoms with Crippen LogP contribution in [0.5, 0.6) is 0 Å². The highest BCUT2D eigenvalue weighted by Gasteiger charge is 2.03. The van der Waals surface area contributed by atoms with Gasteiger partial charge in [-0.05, 0) is 56.1 Å². The first-order valence-corrected chi connectivity index (χ1v) is 8.86. The Morgan fingerprint density at radius 3 is 1.27 bits per heavy atom. The molecule has 0 bridgehead atoms. The van der Waals surface area contributed by atoms with Crippen LogP contribution in [-0.2, 0) is 0 Å². The summed E-state index contributed by atoms with van der Waals surface area (Å²) in [7, 11) is 0. The lowest BCUT2D eigenvalue weighted by atomic mass is 10.2. The van der Waals surface area contributed by atoms with E-state index in [1.165, 1.54) is 0 Å². The lowest BCUT2D eigenvalue weighted by Gasteiger charge is -2.01. The minimum Gasteiger partial charge on any atom is -0.397 e. The first kappa shape index (κ1) is 19.3. The molecule has 0 aromatic heterocycles. The van der Waals surface area contributed by atoms with E-state index in [1.807, 2.05) is 0 Å². The summed E-state index contributed by atoms with van der Waals surface area (Å²) in [5.74, 6) is 0. The molecule has 0 saturated carbocycles. The second kappa shape index (κ2) is 8.81. The Morgan fingerprint density at radius 2 is 1.00 bits per heavy atom. The molecule has 2 aromatic carbocycles. The van der Waals surface area contributed by atoms with Gasteiger partial charge < -0.3 is 11.5 Å². The van der Waals surface area contributed by atoms with Gasteiger partial charge in [0.1, 0.15) is 0 Å². The number of nitrogens with two attached hydrogens (primary N) is 2. The van der Waals surface area contributed by atoms with Crippen molar-refractivity contribution in [3.05, 3.63) is 53.3 Å². The van der Waals surface area contributed by atoms with E-state index in [0.29, 0.717) is 22.5 Å². The molecule has 0 amide bonds. The van der Waals surface area contributed by atoms with Crippen LogP contribution in [0.2, 0.25) is 0 Å². The van der Waals surface area contributed by atoms with Crippen LogP contribution in [0.4, 0.5) is 11.4 Å². The van der Waals surface area contributed by atoms with Gasteiger partial charge in [0.15, 0.2) is 12.6 Å². The summed E-state index contributed by atoms with van der Waals surface area (Å²) in [6.45, 7) is 0. The highest BCUT2D eigenvalue weighted by atomic mass is 79.9. The summed E-state index contributed by atoms with van der Waals surface area (Å²) in [4.78, 5) is 20.8. The molecule has 2 rings (SSSR count). The van der Waals surface area contributed by atoms with Crippen LogP contribution in [0.3, 0.4) is 0 Å². The van der Waals surface area contributed by atoms with Crippen molar-refractivity contribution in [3.8, 4) is 0 Å². The summed E-state index contributed by atoms with van der Waals surface area (Å²) < 4.78 is 3.13. The summed E-state index contributed by atoms with van der Waals surface area (Å²) in [5, 5.41) is 0. The van der Waals surface area contributed by atoms with Crippen molar-refractivity contribution < 1.29 is 9.59 Å². The van der Waals surface area contributed by atoms with Gasteiger partial charge in [-0.2, -0.15) is 0 Å². The molecule has 0 fully saturated rings. The highest BCUT2D eigenvalue weighted by Crippen LogP contribution is 2.27. The van der Waals surface area contributed by atoms with Crippen LogP contribution in [0.15, 0.2) is 42.2 Å². The number of hydrogen-bond donors (Lipinski definition) is 2. The molecule has 0 heterocycles. The molecule has 116 valence electrons. The second-order valence-corrected chi connectivity index (χ2v) is 7.56. The molecule has 4 nitrogen and oxygen atoms in total. The number of anilines is 2. The molecule has 0 unspecified atom stereocenters. The van der Waals surface area contributed by atoms with E-state index in [-0.39, 0.29) is 0 Å². The van der Waals surface area contributed by atoms with Gasteiger partial charge in [-0.3, -0.25) is 9.59 Å². The molecule has 0 spiro atoms. The summed E-state index contributed by atoms with van der Waals surface area (Å²) in [5.41, 5.74) is 13.1. The van der Waals surface area contributed by atoms with Crippen LogP contribution in [0.1, 0.15) is 20.7 Å². The van der Waals surface area contributed by atoms with E-state index >= 15 is 0 Å². The van der Waals surface area contributed by atoms with Gasteiger partial charge in [0, 0.05) is 29.0 Å². The number of nitrogen functional groups attached to an aromatic ring is 2. The third-order valence-corrected chi connectivity index (χ3v) is 4.73. The summed E-state index contributed by atoms with van der Waals surface area (Å²) in [6.07, 6.45) is 1.45. The van der Waals surface area contributed by atoms with Gasteiger partial charge in [-0.25, -0.2) is 0 Å². The number of rotatable bonds is 2. The molecule has 22 heavy (non-hydrogen) atoms. The fraction of sp³-hybridized carbons (Fsp3) is 0. The number of benzene rings is 2. The topological polar surface area (TPSA) is 86.2 Å². The van der Waals surface area contributed by atoms with E-state index in [1.54, 1.807) is 24.3 Å². The number of hydrogen-bond acceptors (Lipinski definition) is 4. The zero-order chi connectivity index (χ0) is 16.9. The Balaban J connectivity index is 0.000000220. The summed E-state index contributed by atoms with van der Waals surface area (Å²) in [6, 6.07) is 6.94. The monoisotopic (exact) mass is 554 g/mol. The van der Waals surface area contributed by atoms with E-state index < -0.39 is 0 Å². The van der Waals surface area contributed by atoms with Gasteiger partial charge >= 0.3 is 0 Å². The van der Waals surface area contributed by atoms with Gasteiger partial charge in [0.2, 0.25) is 0 Å². The maximum atomic E-state index is 10.4. The zero-order valence-electron chi connectivity index (χ0n) is 10.9. The molecule has 0 saturated heterocycles. The standard InChI is InChI=1S/2C7H5Br2NO/c2*8-5-1-4(3-11)7(10)6(9)2-5/h2*1-3H,10H2. The SMILES string of the molecule is Nc1c(Br)cc(Br)cc1C=O.Nc1c(Br)cc(Br)cc1C=O. The first-order valence-electron chi connectivity index (χ1n) is 5.69. The molecule has 8 heteroatoms. The zero-order valence-corrected chi connectivity index (χ0v) is 17.3. The Morgan fingerprint density at radius 1 is 0.682 bits per heavy atom. The number of carbonyl (C=O) groups is 2. The van der Waals surface area contributed by atoms with Crippen molar-refractivity contribution in [1.29, 1.82) is 0 Å². The molecule has 0 radical (unpaired) electrons. The first-order chi connectivity index (χ1) is 10.3. The van der Waals surface area contributed by atoms with E-state index in [2.05, 4.69) is 63.7 Å². The minimum atomic E-state index is 0.475. The van der Waals surface area contributed by atoms with Crippen molar-refractivity contribution >= 4 is 87.7 Å². The van der Waals surface area contributed by atoms with E-state index in [9.17, 15) is 9.59 Å². The second-order valence-electron chi connectivity index (χ2n) is 4.02. The molecule has 4 N–H and O–H groups in total. The predicted molar refractivity (Wildman–Crippen MR) is 103 cm³/mol. The van der Waals surface area contributed by atoms with E-state index in [4.69, 9.17) is 11.5 Å². The van der Waals surface area contributed by atoms with E-state index in [0.717, 1.165) is 30.5 Å². The third kappa shape index (κ3) is 5.19. The molecular formula is C14H10Br4N2O2. The quantitative estimate of drug-likeness (QED) is 0.392. The highest BCUT2D eigenvalue weighted by molar-refractivity contribution is 9.11. The van der Waals surface area contributed by atoms with Crippen LogP contribution in [0.25, 0.3) is 0 Å². The van der Waals surface area contributed by atoms with Crippen molar-refractivity contribution in [2.24, 2.45) is 0 Å². The molecular weight excluding hydrogens is 548 g/mol. The Hall–Kier alpha value is -0.700. The maximum Gasteiger partial charge on any atom is 0.152 e. The van der Waals surface area contributed by atoms with Crippen molar-refractivity contribution in [2.45, 2.75) is 0 Å². The van der Waals surface area contributed by atoms with Gasteiger partial charge in [0.25, 0.3) is 0 Å². The van der Waals surface area contributed by atoms with Crippen LogP contribution in [0, 0.1) is 0 Å². The van der Waals surface area contributed by atoms with Crippen molar-refractivity contribution in [2.75, 3.05) is 11.5 Å². The van der Waals surface area contributed by atoms with Crippen LogP contribution >= 0.6 is 63.7 Å². The maximum absolute atomic E-state index is 10.4. The molecule has 0 aliphatic rings. The number of halogens is 4. The molecule has 0 aliphatic carbocycles. The fourth-order valence-corrected chi connectivity index (χ4v) is 3.92. The number of carbonyl (C=O) groups excluding carboxylic acids is 2. The van der Waals surface area contributed by atoms with Crippen LogP contribution in [-0.4, -0.2) is 12.6 Å². The molecule has 0 aliphatic heterocycles. The average Bonchev–Trinajstić information content (AvgIpc) is 2.47. The van der Waals surface area contributed by atoms with Crippen molar-refractivity contribution in [3.63, 3.8) is 0 Å². The molecule has 0 atom stereocenters. The summed E-state index contributed by atoms with van der Waals surface area (Å²) >= 11 is 12.9. The van der Waals surface area contributed by atoms with Gasteiger partial charge in [0.05, 0.1) is 11.4 Å². The smallest absolute Gasteiger partial charge is 0.152 e. The number of aldehydes is 2. The Kier molecular flexibility index (Phi) is 7.75. The Labute approximate surface area is 161 Å². The molecule has 2 aromatic rings. The van der Waals surface area contributed by atoms with Crippen LogP contribution < -0.4 is 11.5 Å². The fourth-order valence-electron chi connectivity index (χ4n) is 1.40. The average molecular weight is 558 g/mol. The third-order valence-electron chi connectivity index (χ3n) is 2.51. The van der Waals surface area contributed by atoms with Gasteiger partial charge in [-0.1, -0.05) is 31.9 Å². The Bertz CT molecular complexity index is 659. The lowest BCUT2D eigenvalue weighted by molar-refractivity contribution is 0.111. The normalized spacial score (nSPS) is 9.64. The van der Waals surface area contributed by atoms with Gasteiger partial charge in [-0.15, -0.1) is 0 Å². The lowest BCUT2D eigenvalue weighted by Crippen LogP contribution is -1.93. The predicted octanol–water partition coefficient (Wildman–Crippen LogP) is 5.21.